The Morgan fingerprint density at radius 2 is 2.07 bits per heavy atom. The number of aromatic carboxylic acids is 1. The number of rotatable bonds is 2. The van der Waals surface area contributed by atoms with E-state index in [0.29, 0.717) is 37.3 Å². The molecule has 2 aliphatic heterocycles. The summed E-state index contributed by atoms with van der Waals surface area (Å²) in [6, 6.07) is 1.15. The SMILES string of the molecule is C[C@H]1CN(c2c(F)cc3c(=O)c(C(=O)O)cn4c3c2CCN4C)C[C@H]1N.Cl. The summed E-state index contributed by atoms with van der Waals surface area (Å²) in [6.07, 6.45) is 1.90. The van der Waals surface area contributed by atoms with Crippen molar-refractivity contribution in [3.8, 4) is 0 Å². The van der Waals surface area contributed by atoms with Gasteiger partial charge in [-0.25, -0.2) is 9.18 Å². The van der Waals surface area contributed by atoms with E-state index in [1.54, 1.807) is 4.68 Å². The first-order chi connectivity index (χ1) is 12.3. The van der Waals surface area contributed by atoms with Crippen molar-refractivity contribution in [3.63, 3.8) is 0 Å². The van der Waals surface area contributed by atoms with Gasteiger partial charge in [-0.15, -0.1) is 12.4 Å². The minimum Gasteiger partial charge on any atom is -0.477 e. The molecule has 2 aliphatic rings. The van der Waals surface area contributed by atoms with Crippen LogP contribution in [0.2, 0.25) is 0 Å². The fourth-order valence-electron chi connectivity index (χ4n) is 4.06. The third-order valence-corrected chi connectivity index (χ3v) is 5.56. The molecule has 1 saturated heterocycles. The second-order valence-corrected chi connectivity index (χ2v) is 7.28. The van der Waals surface area contributed by atoms with Crippen LogP contribution in [0.15, 0.2) is 17.1 Å². The van der Waals surface area contributed by atoms with Gasteiger partial charge in [0.2, 0.25) is 5.43 Å². The first kappa shape index (κ1) is 19.4. The van der Waals surface area contributed by atoms with Crippen molar-refractivity contribution in [2.24, 2.45) is 11.7 Å². The fourth-order valence-corrected chi connectivity index (χ4v) is 4.06. The van der Waals surface area contributed by atoms with E-state index in [1.165, 1.54) is 12.3 Å². The second kappa shape index (κ2) is 6.69. The lowest BCUT2D eigenvalue weighted by Crippen LogP contribution is -2.39. The summed E-state index contributed by atoms with van der Waals surface area (Å²) in [5, 5.41) is 11.3. The van der Waals surface area contributed by atoms with Crippen molar-refractivity contribution in [2.45, 2.75) is 19.4 Å². The van der Waals surface area contributed by atoms with E-state index in [9.17, 15) is 14.7 Å². The third-order valence-electron chi connectivity index (χ3n) is 5.56. The molecule has 0 spiro atoms. The predicted octanol–water partition coefficient (Wildman–Crippen LogP) is 1.17. The Morgan fingerprint density at radius 1 is 1.37 bits per heavy atom. The smallest absolute Gasteiger partial charge is 0.341 e. The zero-order chi connectivity index (χ0) is 18.7. The first-order valence-electron chi connectivity index (χ1n) is 8.65. The van der Waals surface area contributed by atoms with Gasteiger partial charge in [0.05, 0.1) is 16.6 Å². The Bertz CT molecular complexity index is 983. The van der Waals surface area contributed by atoms with Gasteiger partial charge in [0.1, 0.15) is 11.4 Å². The standard InChI is InChI=1S/C18H21FN4O3.ClH/c1-9-6-22(8-14(9)20)16-10-3-4-21(2)23-7-12(18(25)26)17(24)11(15(10)23)5-13(16)19;/h5,7,9,14H,3-4,6,8,20H2,1-2H3,(H,25,26);1H/t9-,14+;/m0./s1. The summed E-state index contributed by atoms with van der Waals surface area (Å²) in [7, 11) is 1.81. The van der Waals surface area contributed by atoms with E-state index >= 15 is 4.39 Å². The Balaban J connectivity index is 0.00000210. The van der Waals surface area contributed by atoms with Gasteiger partial charge in [0.15, 0.2) is 0 Å². The van der Waals surface area contributed by atoms with E-state index in [-0.39, 0.29) is 35.3 Å². The highest BCUT2D eigenvalue weighted by molar-refractivity contribution is 5.95. The third kappa shape index (κ3) is 2.83. The molecule has 0 bridgehead atoms. The molecule has 0 saturated carbocycles. The van der Waals surface area contributed by atoms with Gasteiger partial charge in [-0.05, 0) is 18.4 Å². The number of carboxylic acids is 1. The summed E-state index contributed by atoms with van der Waals surface area (Å²) in [5.41, 5.74) is 6.91. The number of hydrogen-bond donors (Lipinski definition) is 2. The quantitative estimate of drug-likeness (QED) is 0.791. The fraction of sp³-hybridized carbons (Fsp3) is 0.444. The number of carboxylic acid groups (broad SMARTS) is 1. The van der Waals surface area contributed by atoms with E-state index in [0.717, 1.165) is 5.56 Å². The molecule has 3 heterocycles. The largest absolute Gasteiger partial charge is 0.477 e. The van der Waals surface area contributed by atoms with Crippen molar-refractivity contribution in [1.29, 1.82) is 0 Å². The van der Waals surface area contributed by atoms with Crippen molar-refractivity contribution in [3.05, 3.63) is 39.4 Å². The molecule has 2 atom stereocenters. The van der Waals surface area contributed by atoms with Gasteiger partial charge in [0.25, 0.3) is 0 Å². The Hall–Kier alpha value is -2.32. The van der Waals surface area contributed by atoms with Gasteiger partial charge in [-0.3, -0.25) is 9.47 Å². The number of benzene rings is 1. The number of aromatic nitrogens is 1. The van der Waals surface area contributed by atoms with Gasteiger partial charge >= 0.3 is 5.97 Å². The molecule has 9 heteroatoms. The van der Waals surface area contributed by atoms with Crippen LogP contribution in [-0.2, 0) is 6.42 Å². The molecule has 0 aliphatic carbocycles. The Kier molecular flexibility index (Phi) is 4.81. The van der Waals surface area contributed by atoms with E-state index in [1.807, 2.05) is 23.9 Å². The Morgan fingerprint density at radius 3 is 2.67 bits per heavy atom. The summed E-state index contributed by atoms with van der Waals surface area (Å²) >= 11 is 0. The van der Waals surface area contributed by atoms with Gasteiger partial charge in [-0.2, -0.15) is 0 Å². The van der Waals surface area contributed by atoms with Crippen molar-refractivity contribution in [2.75, 3.05) is 36.6 Å². The molecule has 0 radical (unpaired) electrons. The molecule has 0 amide bonds. The highest BCUT2D eigenvalue weighted by Crippen LogP contribution is 2.36. The maximum Gasteiger partial charge on any atom is 0.341 e. The highest BCUT2D eigenvalue weighted by atomic mass is 35.5. The van der Waals surface area contributed by atoms with Crippen molar-refractivity contribution in [1.82, 2.24) is 4.68 Å². The number of carbonyl (C=O) groups is 1. The lowest BCUT2D eigenvalue weighted by molar-refractivity contribution is 0.0695. The number of nitrogens with zero attached hydrogens (tertiary/aromatic N) is 3. The zero-order valence-electron chi connectivity index (χ0n) is 15.1. The molecule has 2 aromatic rings. The monoisotopic (exact) mass is 396 g/mol. The van der Waals surface area contributed by atoms with E-state index in [2.05, 4.69) is 0 Å². The van der Waals surface area contributed by atoms with Crippen LogP contribution in [0.4, 0.5) is 10.1 Å². The molecule has 1 aromatic carbocycles. The molecule has 146 valence electrons. The van der Waals surface area contributed by atoms with Crippen LogP contribution < -0.4 is 21.1 Å². The maximum absolute atomic E-state index is 15.0. The number of likely N-dealkylation sites (N-methyl/N-ethyl adjacent to an activating group) is 1. The number of anilines is 1. The second-order valence-electron chi connectivity index (χ2n) is 7.28. The average molecular weight is 397 g/mol. The van der Waals surface area contributed by atoms with Crippen LogP contribution in [-0.4, -0.2) is 48.5 Å². The number of hydrogen-bond acceptors (Lipinski definition) is 5. The summed E-state index contributed by atoms with van der Waals surface area (Å²) < 4.78 is 16.7. The lowest BCUT2D eigenvalue weighted by atomic mass is 9.99. The topological polar surface area (TPSA) is 91.8 Å². The van der Waals surface area contributed by atoms with Crippen LogP contribution in [0, 0.1) is 11.7 Å². The summed E-state index contributed by atoms with van der Waals surface area (Å²) in [6.45, 7) is 3.85. The highest BCUT2D eigenvalue weighted by Gasteiger charge is 2.33. The van der Waals surface area contributed by atoms with Crippen molar-refractivity contribution < 1.29 is 14.3 Å². The maximum atomic E-state index is 15.0. The van der Waals surface area contributed by atoms with Crippen LogP contribution in [0.25, 0.3) is 10.9 Å². The average Bonchev–Trinajstić information content (AvgIpc) is 2.90. The summed E-state index contributed by atoms with van der Waals surface area (Å²) in [4.78, 5) is 26.0. The Labute approximate surface area is 161 Å². The molecule has 4 rings (SSSR count). The molecular formula is C18H22ClFN4O3. The molecule has 3 N–H and O–H groups in total. The number of pyridine rings is 1. The molecule has 7 nitrogen and oxygen atoms in total. The van der Waals surface area contributed by atoms with E-state index in [4.69, 9.17) is 5.73 Å². The minimum absolute atomic E-state index is 0. The van der Waals surface area contributed by atoms with Crippen LogP contribution in [0.3, 0.4) is 0 Å². The van der Waals surface area contributed by atoms with Crippen LogP contribution in [0.5, 0.6) is 0 Å². The number of nitrogens with two attached hydrogens (primary N) is 1. The van der Waals surface area contributed by atoms with Crippen molar-refractivity contribution >= 4 is 35.0 Å². The first-order valence-corrected chi connectivity index (χ1v) is 8.65. The molecule has 1 fully saturated rings. The van der Waals surface area contributed by atoms with Crippen LogP contribution in [0.1, 0.15) is 22.8 Å². The normalized spacial score (nSPS) is 21.5. The molecule has 0 unspecified atom stereocenters. The zero-order valence-corrected chi connectivity index (χ0v) is 15.9. The molecule has 27 heavy (non-hydrogen) atoms. The van der Waals surface area contributed by atoms with Gasteiger partial charge in [0, 0.05) is 44.5 Å². The van der Waals surface area contributed by atoms with Gasteiger partial charge < -0.3 is 20.7 Å². The minimum atomic E-state index is -1.31. The number of halogens is 2. The lowest BCUT2D eigenvalue weighted by Gasteiger charge is -2.33. The predicted molar refractivity (Wildman–Crippen MR) is 104 cm³/mol. The van der Waals surface area contributed by atoms with E-state index < -0.39 is 17.2 Å². The van der Waals surface area contributed by atoms with Crippen LogP contribution >= 0.6 is 12.4 Å². The molecule has 1 aromatic heterocycles. The summed E-state index contributed by atoms with van der Waals surface area (Å²) in [5.74, 6) is -1.56. The molecular weight excluding hydrogens is 375 g/mol. The van der Waals surface area contributed by atoms with Gasteiger partial charge in [-0.1, -0.05) is 6.92 Å².